The molecule has 1 spiro atoms. The highest BCUT2D eigenvalue weighted by molar-refractivity contribution is 14.0. The third kappa shape index (κ3) is 4.76. The van der Waals surface area contributed by atoms with E-state index in [9.17, 15) is 0 Å². The molecule has 2 aliphatic heterocycles. The molecule has 28 heavy (non-hydrogen) atoms. The van der Waals surface area contributed by atoms with Crippen LogP contribution >= 0.6 is 35.6 Å². The first-order chi connectivity index (χ1) is 13.2. The van der Waals surface area contributed by atoms with E-state index in [1.165, 1.54) is 30.2 Å². The molecule has 5 nitrogen and oxygen atoms in total. The fourth-order valence-corrected chi connectivity index (χ4v) is 4.57. The van der Waals surface area contributed by atoms with Crippen LogP contribution in [0.15, 0.2) is 29.4 Å². The average molecular weight is 517 g/mol. The van der Waals surface area contributed by atoms with Gasteiger partial charge >= 0.3 is 0 Å². The second-order valence-corrected chi connectivity index (χ2v) is 8.21. The van der Waals surface area contributed by atoms with E-state index >= 15 is 0 Å². The van der Waals surface area contributed by atoms with Gasteiger partial charge in [-0.05, 0) is 61.8 Å². The van der Waals surface area contributed by atoms with E-state index in [4.69, 9.17) is 21.3 Å². The van der Waals surface area contributed by atoms with Crippen LogP contribution in [0.3, 0.4) is 0 Å². The highest BCUT2D eigenvalue weighted by Crippen LogP contribution is 2.39. The number of nitrogens with zero attached hydrogens (tertiary/aromatic N) is 2. The molecule has 1 aromatic heterocycles. The monoisotopic (exact) mass is 516 g/mol. The van der Waals surface area contributed by atoms with Crippen molar-refractivity contribution in [2.24, 2.45) is 10.4 Å². The molecule has 2 saturated heterocycles. The Labute approximate surface area is 189 Å². The second-order valence-electron chi connectivity index (χ2n) is 7.77. The maximum absolute atomic E-state index is 6.16. The summed E-state index contributed by atoms with van der Waals surface area (Å²) in [7, 11) is 0. The standard InChI is InChI=1S/C21H29ClN4O.HI/c1-2-23-20(26-10-6-21(15-26)7-11-27-12-8-21)24-9-5-16-14-25-19-4-3-17(22)13-18(16)19;/h3-4,13-14,25H,2,5-12,15H2,1H3,(H,23,24);1H. The molecule has 1 aromatic carbocycles. The SMILES string of the molecule is CCNC(=NCCc1c[nH]c2ccc(Cl)cc12)N1CCC2(CCOCC2)C1.I. The predicted molar refractivity (Wildman–Crippen MR) is 127 cm³/mol. The lowest BCUT2D eigenvalue weighted by molar-refractivity contribution is 0.0217. The molecule has 0 unspecified atom stereocenters. The summed E-state index contributed by atoms with van der Waals surface area (Å²) in [6.07, 6.45) is 6.60. The molecule has 0 bridgehead atoms. The number of benzene rings is 1. The fourth-order valence-electron chi connectivity index (χ4n) is 4.39. The van der Waals surface area contributed by atoms with E-state index < -0.39 is 0 Å². The molecule has 7 heteroatoms. The van der Waals surface area contributed by atoms with Gasteiger partial charge in [0.25, 0.3) is 0 Å². The van der Waals surface area contributed by atoms with Crippen LogP contribution < -0.4 is 5.32 Å². The Morgan fingerprint density at radius 2 is 2.14 bits per heavy atom. The smallest absolute Gasteiger partial charge is 0.193 e. The first-order valence-electron chi connectivity index (χ1n) is 10.1. The van der Waals surface area contributed by atoms with Crippen molar-refractivity contribution in [3.8, 4) is 0 Å². The number of aromatic amines is 1. The maximum Gasteiger partial charge on any atom is 0.193 e. The number of likely N-dealkylation sites (tertiary alicyclic amines) is 1. The van der Waals surface area contributed by atoms with E-state index in [1.807, 2.05) is 18.2 Å². The number of guanidine groups is 1. The zero-order valence-electron chi connectivity index (χ0n) is 16.5. The van der Waals surface area contributed by atoms with E-state index in [0.717, 1.165) is 62.3 Å². The Balaban J connectivity index is 0.00000225. The molecule has 0 atom stereocenters. The molecule has 0 aliphatic carbocycles. The van der Waals surface area contributed by atoms with Crippen LogP contribution in [0.2, 0.25) is 5.02 Å². The molecule has 154 valence electrons. The van der Waals surface area contributed by atoms with Crippen LogP contribution in [0, 0.1) is 5.41 Å². The molecule has 2 aromatic rings. The van der Waals surface area contributed by atoms with Gasteiger partial charge in [0.05, 0.1) is 0 Å². The number of aliphatic imine (C=N–C) groups is 1. The summed E-state index contributed by atoms with van der Waals surface area (Å²) in [5, 5.41) is 5.46. The molecule has 4 rings (SSSR count). The van der Waals surface area contributed by atoms with Gasteiger partial charge in [-0.25, -0.2) is 0 Å². The fraction of sp³-hybridized carbons (Fsp3) is 0.571. The van der Waals surface area contributed by atoms with Crippen molar-refractivity contribution in [1.29, 1.82) is 0 Å². The van der Waals surface area contributed by atoms with Gasteiger partial charge in [-0.15, -0.1) is 24.0 Å². The normalized spacial score (nSPS) is 19.2. The summed E-state index contributed by atoms with van der Waals surface area (Å²) >= 11 is 6.16. The lowest BCUT2D eigenvalue weighted by atomic mass is 9.80. The number of aromatic nitrogens is 1. The number of H-pyrrole nitrogens is 1. The van der Waals surface area contributed by atoms with Gasteiger partial charge in [0, 0.05) is 61.5 Å². The van der Waals surface area contributed by atoms with E-state index in [2.05, 4.69) is 28.3 Å². The topological polar surface area (TPSA) is 52.7 Å². The Hall–Kier alpha value is -0.990. The molecule has 2 N–H and O–H groups in total. The van der Waals surface area contributed by atoms with Crippen LogP contribution in [-0.4, -0.2) is 55.2 Å². The summed E-state index contributed by atoms with van der Waals surface area (Å²) in [6.45, 7) is 7.81. The van der Waals surface area contributed by atoms with Gasteiger partial charge in [0.15, 0.2) is 5.96 Å². The summed E-state index contributed by atoms with van der Waals surface area (Å²) in [6, 6.07) is 5.99. The number of nitrogens with one attached hydrogen (secondary N) is 2. The second kappa shape index (κ2) is 9.67. The lowest BCUT2D eigenvalue weighted by Crippen LogP contribution is -2.42. The van der Waals surface area contributed by atoms with Crippen LogP contribution in [0.1, 0.15) is 31.7 Å². The quantitative estimate of drug-likeness (QED) is 0.359. The van der Waals surface area contributed by atoms with Crippen LogP contribution in [0.25, 0.3) is 10.9 Å². The highest BCUT2D eigenvalue weighted by Gasteiger charge is 2.40. The Morgan fingerprint density at radius 1 is 1.32 bits per heavy atom. The molecular formula is C21H30ClIN4O. The molecule has 2 aliphatic rings. The summed E-state index contributed by atoms with van der Waals surface area (Å²) < 4.78 is 5.57. The third-order valence-electron chi connectivity index (χ3n) is 6.00. The zero-order valence-corrected chi connectivity index (χ0v) is 19.6. The Kier molecular flexibility index (Phi) is 7.50. The number of fused-ring (bicyclic) bond motifs is 1. The third-order valence-corrected chi connectivity index (χ3v) is 6.23. The summed E-state index contributed by atoms with van der Waals surface area (Å²) in [4.78, 5) is 10.7. The van der Waals surface area contributed by atoms with Gasteiger partial charge in [0.1, 0.15) is 0 Å². The van der Waals surface area contributed by atoms with Crippen molar-refractivity contribution >= 4 is 52.4 Å². The van der Waals surface area contributed by atoms with E-state index in [0.29, 0.717) is 5.41 Å². The molecular weight excluding hydrogens is 487 g/mol. The van der Waals surface area contributed by atoms with Crippen LogP contribution in [0.4, 0.5) is 0 Å². The molecule has 3 heterocycles. The van der Waals surface area contributed by atoms with Crippen molar-refractivity contribution in [1.82, 2.24) is 15.2 Å². The largest absolute Gasteiger partial charge is 0.381 e. The van der Waals surface area contributed by atoms with E-state index in [-0.39, 0.29) is 24.0 Å². The van der Waals surface area contributed by atoms with Gasteiger partial charge < -0.3 is 19.9 Å². The van der Waals surface area contributed by atoms with Crippen molar-refractivity contribution in [3.05, 3.63) is 35.0 Å². The maximum atomic E-state index is 6.16. The Bertz CT molecular complexity index is 816. The molecule has 0 saturated carbocycles. The van der Waals surface area contributed by atoms with Crippen LogP contribution in [0.5, 0.6) is 0 Å². The minimum absolute atomic E-state index is 0. The number of halogens is 2. The minimum atomic E-state index is 0. The zero-order chi connectivity index (χ0) is 18.7. The van der Waals surface area contributed by atoms with Crippen molar-refractivity contribution < 1.29 is 4.74 Å². The van der Waals surface area contributed by atoms with Crippen LogP contribution in [-0.2, 0) is 11.2 Å². The summed E-state index contributed by atoms with van der Waals surface area (Å²) in [5.41, 5.74) is 2.84. The van der Waals surface area contributed by atoms with Gasteiger partial charge in [-0.3, -0.25) is 4.99 Å². The van der Waals surface area contributed by atoms with Gasteiger partial charge in [-0.2, -0.15) is 0 Å². The first kappa shape index (κ1) is 21.7. The predicted octanol–water partition coefficient (Wildman–Crippen LogP) is 4.45. The average Bonchev–Trinajstić information content (AvgIpc) is 3.26. The number of rotatable bonds is 4. The molecule has 2 fully saturated rings. The van der Waals surface area contributed by atoms with Gasteiger partial charge in [-0.1, -0.05) is 11.6 Å². The van der Waals surface area contributed by atoms with Crippen molar-refractivity contribution in [2.45, 2.75) is 32.6 Å². The lowest BCUT2D eigenvalue weighted by Gasteiger charge is -2.33. The molecule has 0 radical (unpaired) electrons. The number of hydrogen-bond acceptors (Lipinski definition) is 2. The van der Waals surface area contributed by atoms with Crippen molar-refractivity contribution in [3.63, 3.8) is 0 Å². The Morgan fingerprint density at radius 3 is 2.93 bits per heavy atom. The highest BCUT2D eigenvalue weighted by atomic mass is 127. The number of ether oxygens (including phenoxy) is 1. The summed E-state index contributed by atoms with van der Waals surface area (Å²) in [5.74, 6) is 1.05. The molecule has 0 amide bonds. The van der Waals surface area contributed by atoms with Crippen molar-refractivity contribution in [2.75, 3.05) is 39.4 Å². The minimum Gasteiger partial charge on any atom is -0.381 e. The van der Waals surface area contributed by atoms with Gasteiger partial charge in [0.2, 0.25) is 0 Å². The number of hydrogen-bond donors (Lipinski definition) is 2. The van der Waals surface area contributed by atoms with E-state index in [1.54, 1.807) is 0 Å². The first-order valence-corrected chi connectivity index (χ1v) is 10.4.